The van der Waals surface area contributed by atoms with E-state index in [0.717, 1.165) is 16.7 Å². The van der Waals surface area contributed by atoms with Crippen LogP contribution < -0.4 is 14.2 Å². The van der Waals surface area contributed by atoms with Crippen molar-refractivity contribution < 1.29 is 33.0 Å². The molecule has 35 heavy (non-hydrogen) atoms. The second kappa shape index (κ2) is 10.9. The Morgan fingerprint density at radius 1 is 0.971 bits per heavy atom. The van der Waals surface area contributed by atoms with E-state index in [1.165, 1.54) is 31.4 Å². The predicted octanol–water partition coefficient (Wildman–Crippen LogP) is 5.17. The molecule has 1 aliphatic heterocycles. The number of nitrogens with zero attached hydrogens (tertiary/aromatic N) is 1. The molecule has 0 aliphatic carbocycles. The summed E-state index contributed by atoms with van der Waals surface area (Å²) in [7, 11) is 1.53. The molecule has 0 atom stereocenters. The van der Waals surface area contributed by atoms with Crippen LogP contribution in [-0.4, -0.2) is 42.3 Å². The lowest BCUT2D eigenvalue weighted by Crippen LogP contribution is -2.32. The molecule has 0 aromatic heterocycles. The molecule has 0 N–H and O–H groups in total. The minimum Gasteiger partial charge on any atom is -0.493 e. The molecule has 178 valence electrons. The predicted molar refractivity (Wildman–Crippen MR) is 129 cm³/mol. The van der Waals surface area contributed by atoms with Crippen LogP contribution in [0.15, 0.2) is 77.7 Å². The number of carbonyl (C=O) groups excluding carboxylic acids is 3. The zero-order chi connectivity index (χ0) is 24.8. The average molecular weight is 494 g/mol. The molecule has 0 spiro atoms. The van der Waals surface area contributed by atoms with Gasteiger partial charge in [-0.15, -0.1) is 0 Å². The molecule has 1 heterocycles. The third-order valence-corrected chi connectivity index (χ3v) is 5.89. The Balaban J connectivity index is 1.35. The second-order valence-corrected chi connectivity index (χ2v) is 8.29. The van der Waals surface area contributed by atoms with Gasteiger partial charge in [-0.3, -0.25) is 14.5 Å². The molecule has 1 aliphatic rings. The fourth-order valence-corrected chi connectivity index (χ4v) is 4.08. The lowest BCUT2D eigenvalue weighted by molar-refractivity contribution is -0.123. The molecule has 1 saturated heterocycles. The number of thioether (sulfide) groups is 1. The third kappa shape index (κ3) is 5.88. The van der Waals surface area contributed by atoms with E-state index in [4.69, 9.17) is 14.2 Å². The maximum absolute atomic E-state index is 13.0. The van der Waals surface area contributed by atoms with Gasteiger partial charge in [0, 0.05) is 0 Å². The summed E-state index contributed by atoms with van der Waals surface area (Å²) in [4.78, 5) is 38.6. The maximum Gasteiger partial charge on any atom is 0.343 e. The van der Waals surface area contributed by atoms with Gasteiger partial charge in [-0.05, 0) is 71.9 Å². The Bertz CT molecular complexity index is 1270. The highest BCUT2D eigenvalue weighted by Crippen LogP contribution is 2.32. The summed E-state index contributed by atoms with van der Waals surface area (Å²) in [6, 6.07) is 18.6. The Labute approximate surface area is 205 Å². The van der Waals surface area contributed by atoms with Crippen molar-refractivity contribution in [3.05, 3.63) is 94.6 Å². The zero-order valence-corrected chi connectivity index (χ0v) is 19.4. The number of hydrogen-bond acceptors (Lipinski definition) is 7. The summed E-state index contributed by atoms with van der Waals surface area (Å²) in [5.41, 5.74) is 0.876. The van der Waals surface area contributed by atoms with Crippen LogP contribution in [0.2, 0.25) is 0 Å². The van der Waals surface area contributed by atoms with E-state index in [-0.39, 0.29) is 34.6 Å². The Kier molecular flexibility index (Phi) is 7.47. The topological polar surface area (TPSA) is 82.1 Å². The van der Waals surface area contributed by atoms with E-state index in [9.17, 15) is 18.8 Å². The average Bonchev–Trinajstić information content (AvgIpc) is 3.13. The fraction of sp³-hybridized carbons (Fsp3) is 0.115. The molecule has 0 saturated carbocycles. The van der Waals surface area contributed by atoms with Gasteiger partial charge in [0.05, 0.1) is 24.1 Å². The van der Waals surface area contributed by atoms with Crippen LogP contribution in [0, 0.1) is 5.82 Å². The first-order chi connectivity index (χ1) is 16.9. The number of hydrogen-bond donors (Lipinski definition) is 0. The van der Waals surface area contributed by atoms with Gasteiger partial charge < -0.3 is 14.2 Å². The molecule has 0 unspecified atom stereocenters. The number of methoxy groups -OCH3 is 1. The highest BCUT2D eigenvalue weighted by molar-refractivity contribution is 8.18. The van der Waals surface area contributed by atoms with Gasteiger partial charge in [0.2, 0.25) is 0 Å². The summed E-state index contributed by atoms with van der Waals surface area (Å²) in [6.07, 6.45) is 1.59. The van der Waals surface area contributed by atoms with Crippen LogP contribution in [-0.2, 0) is 4.79 Å². The zero-order valence-electron chi connectivity index (χ0n) is 18.6. The van der Waals surface area contributed by atoms with Crippen LogP contribution in [0.25, 0.3) is 6.08 Å². The molecule has 0 radical (unpaired) electrons. The van der Waals surface area contributed by atoms with Gasteiger partial charge >= 0.3 is 5.97 Å². The van der Waals surface area contributed by atoms with Gasteiger partial charge in [0.15, 0.2) is 11.5 Å². The summed E-state index contributed by atoms with van der Waals surface area (Å²) < 4.78 is 29.2. The number of rotatable bonds is 8. The number of para-hydroxylation sites is 2. The molecule has 7 nitrogen and oxygen atoms in total. The minimum absolute atomic E-state index is 0.0956. The highest BCUT2D eigenvalue weighted by Gasteiger charge is 2.34. The third-order valence-electron chi connectivity index (χ3n) is 4.98. The first-order valence-corrected chi connectivity index (χ1v) is 11.4. The van der Waals surface area contributed by atoms with Crippen LogP contribution in [0.4, 0.5) is 9.18 Å². The van der Waals surface area contributed by atoms with Crippen molar-refractivity contribution in [2.24, 2.45) is 0 Å². The number of ether oxygens (including phenoxy) is 3. The van der Waals surface area contributed by atoms with Gasteiger partial charge in [0.25, 0.3) is 11.1 Å². The summed E-state index contributed by atoms with van der Waals surface area (Å²) >= 11 is 0.846. The van der Waals surface area contributed by atoms with E-state index in [1.807, 2.05) is 6.07 Å². The van der Waals surface area contributed by atoms with Gasteiger partial charge in [-0.2, -0.15) is 0 Å². The van der Waals surface area contributed by atoms with E-state index in [0.29, 0.717) is 17.1 Å². The molecule has 9 heteroatoms. The van der Waals surface area contributed by atoms with Crippen LogP contribution in [0.3, 0.4) is 0 Å². The summed E-state index contributed by atoms with van der Waals surface area (Å²) in [6.45, 7) is 0.220. The maximum atomic E-state index is 13.0. The van der Waals surface area contributed by atoms with Crippen molar-refractivity contribution in [1.82, 2.24) is 4.90 Å². The molecule has 0 bridgehead atoms. The molecule has 3 aromatic rings. The second-order valence-electron chi connectivity index (χ2n) is 7.30. The van der Waals surface area contributed by atoms with Gasteiger partial charge in [-0.1, -0.05) is 24.3 Å². The van der Waals surface area contributed by atoms with Crippen molar-refractivity contribution >= 4 is 35.0 Å². The summed E-state index contributed by atoms with van der Waals surface area (Å²) in [5, 5.41) is -0.380. The number of halogens is 1. The molecule has 4 rings (SSSR count). The fourth-order valence-electron chi connectivity index (χ4n) is 3.21. The van der Waals surface area contributed by atoms with Crippen LogP contribution in [0.5, 0.6) is 17.2 Å². The standard InChI is InChI=1S/C26H20FNO6S/c1-32-21-4-2-3-5-22(21)33-15-14-28-24(29)23(35-26(28)31)16-17-6-12-20(13-7-17)34-25(30)18-8-10-19(27)11-9-18/h2-13,16H,14-15H2,1H3/b23-16-. The van der Waals surface area contributed by atoms with E-state index in [2.05, 4.69) is 0 Å². The molecular weight excluding hydrogens is 473 g/mol. The molecular formula is C26H20FNO6S. The van der Waals surface area contributed by atoms with Crippen LogP contribution >= 0.6 is 11.8 Å². The van der Waals surface area contributed by atoms with E-state index >= 15 is 0 Å². The van der Waals surface area contributed by atoms with Crippen molar-refractivity contribution in [1.29, 1.82) is 0 Å². The Morgan fingerprint density at radius 2 is 1.66 bits per heavy atom. The number of esters is 1. The van der Waals surface area contributed by atoms with Crippen molar-refractivity contribution in [2.45, 2.75) is 0 Å². The lowest BCUT2D eigenvalue weighted by Gasteiger charge is -2.14. The monoisotopic (exact) mass is 493 g/mol. The SMILES string of the molecule is COc1ccccc1OCCN1C(=O)S/C(=C\c2ccc(OC(=O)c3ccc(F)cc3)cc2)C1=O. The quantitative estimate of drug-likeness (QED) is 0.243. The Hall–Kier alpha value is -4.11. The molecule has 2 amide bonds. The highest BCUT2D eigenvalue weighted by atomic mass is 32.2. The van der Waals surface area contributed by atoms with Crippen molar-refractivity contribution in [2.75, 3.05) is 20.3 Å². The first-order valence-electron chi connectivity index (χ1n) is 10.5. The van der Waals surface area contributed by atoms with Crippen molar-refractivity contribution in [3.63, 3.8) is 0 Å². The largest absolute Gasteiger partial charge is 0.493 e. The number of benzene rings is 3. The molecule has 1 fully saturated rings. The number of amides is 2. The van der Waals surface area contributed by atoms with Gasteiger partial charge in [0.1, 0.15) is 18.2 Å². The van der Waals surface area contributed by atoms with Crippen LogP contribution in [0.1, 0.15) is 15.9 Å². The molecule has 3 aromatic carbocycles. The number of carbonyl (C=O) groups is 3. The summed E-state index contributed by atoms with van der Waals surface area (Å²) in [5.74, 6) is -0.0898. The lowest BCUT2D eigenvalue weighted by atomic mass is 10.2. The Morgan fingerprint density at radius 3 is 2.34 bits per heavy atom. The number of imide groups is 1. The van der Waals surface area contributed by atoms with Crippen molar-refractivity contribution in [3.8, 4) is 17.2 Å². The smallest absolute Gasteiger partial charge is 0.343 e. The minimum atomic E-state index is -0.616. The van der Waals surface area contributed by atoms with E-state index < -0.39 is 17.7 Å². The van der Waals surface area contributed by atoms with E-state index in [1.54, 1.807) is 48.5 Å². The first kappa shape index (κ1) is 24.0. The normalized spacial score (nSPS) is 14.3. The van der Waals surface area contributed by atoms with Gasteiger partial charge in [-0.25, -0.2) is 9.18 Å².